The lowest BCUT2D eigenvalue weighted by Crippen LogP contribution is -2.08. The molecule has 0 saturated heterocycles. The normalized spacial score (nSPS) is 10.1. The summed E-state index contributed by atoms with van der Waals surface area (Å²) in [5.41, 5.74) is 1.96. The fourth-order valence-electron chi connectivity index (χ4n) is 1.54. The summed E-state index contributed by atoms with van der Waals surface area (Å²) in [6.45, 7) is 10.2. The molecule has 0 aliphatic rings. The molecule has 0 aliphatic carbocycles. The zero-order valence-electron chi connectivity index (χ0n) is 12.5. The van der Waals surface area contributed by atoms with Crippen molar-refractivity contribution in [3.8, 4) is 0 Å². The number of nitrogens with zero attached hydrogens (tertiary/aromatic N) is 1. The van der Waals surface area contributed by atoms with E-state index >= 15 is 0 Å². The molecule has 0 saturated carbocycles. The second-order valence-corrected chi connectivity index (χ2v) is 4.27. The third kappa shape index (κ3) is 7.62. The zero-order valence-corrected chi connectivity index (χ0v) is 12.5. The van der Waals surface area contributed by atoms with Crippen molar-refractivity contribution < 1.29 is 14.7 Å². The Morgan fingerprint density at radius 1 is 1.29 bits per heavy atom. The maximum Gasteiger partial charge on any atom is 0.307 e. The number of rotatable bonds is 6. The van der Waals surface area contributed by atoms with Crippen molar-refractivity contribution in [3.05, 3.63) is 59.8 Å². The first kappa shape index (κ1) is 18.5. The molecule has 0 fully saturated rings. The van der Waals surface area contributed by atoms with E-state index in [-0.39, 0.29) is 12.2 Å². The molecule has 1 aromatic carbocycles. The molecular formula is C17H21NO3. The van der Waals surface area contributed by atoms with Gasteiger partial charge >= 0.3 is 5.97 Å². The summed E-state index contributed by atoms with van der Waals surface area (Å²) in [7, 11) is 0. The number of aliphatic carboxylic acids is 1. The summed E-state index contributed by atoms with van der Waals surface area (Å²) < 4.78 is 0. The van der Waals surface area contributed by atoms with Crippen LogP contribution >= 0.6 is 0 Å². The van der Waals surface area contributed by atoms with Crippen LogP contribution in [-0.2, 0) is 4.79 Å². The molecule has 1 aromatic rings. The number of aliphatic imine (C=N–C) groups is 1. The number of carboxylic acids is 1. The van der Waals surface area contributed by atoms with Gasteiger partial charge in [0.15, 0.2) is 5.78 Å². The maximum absolute atomic E-state index is 12.0. The second kappa shape index (κ2) is 10.3. The SMILES string of the molecule is C=CN=C.CC/C=C(\CC(=O)O)C(=O)c1ccc(C)cc1. The average Bonchev–Trinajstić information content (AvgIpc) is 2.47. The van der Waals surface area contributed by atoms with Crippen molar-refractivity contribution in [3.63, 3.8) is 0 Å². The molecule has 21 heavy (non-hydrogen) atoms. The Kier molecular flexibility index (Phi) is 9.09. The molecule has 0 atom stereocenters. The van der Waals surface area contributed by atoms with Gasteiger partial charge < -0.3 is 5.11 Å². The van der Waals surface area contributed by atoms with Crippen molar-refractivity contribution >= 4 is 18.5 Å². The molecule has 1 N–H and O–H groups in total. The molecule has 4 heteroatoms. The number of Topliss-reactive ketones (excluding diaryl/α,β-unsaturated/α-hetero) is 1. The number of carboxylic acid groups (broad SMARTS) is 1. The summed E-state index contributed by atoms with van der Waals surface area (Å²) >= 11 is 0. The molecule has 0 bridgehead atoms. The molecule has 0 radical (unpaired) electrons. The van der Waals surface area contributed by atoms with Crippen LogP contribution in [0.5, 0.6) is 0 Å². The average molecular weight is 287 g/mol. The summed E-state index contributed by atoms with van der Waals surface area (Å²) in [6.07, 6.45) is 3.50. The van der Waals surface area contributed by atoms with Crippen LogP contribution in [0.3, 0.4) is 0 Å². The number of aryl methyl sites for hydroxylation is 1. The van der Waals surface area contributed by atoms with Crippen LogP contribution in [0.15, 0.2) is 53.7 Å². The minimum Gasteiger partial charge on any atom is -0.481 e. The molecule has 0 unspecified atom stereocenters. The van der Waals surface area contributed by atoms with E-state index in [2.05, 4.69) is 18.3 Å². The number of benzene rings is 1. The molecular weight excluding hydrogens is 266 g/mol. The van der Waals surface area contributed by atoms with E-state index < -0.39 is 5.97 Å². The van der Waals surface area contributed by atoms with Gasteiger partial charge in [-0.05, 0) is 20.1 Å². The van der Waals surface area contributed by atoms with Crippen molar-refractivity contribution in [1.29, 1.82) is 0 Å². The highest BCUT2D eigenvalue weighted by Crippen LogP contribution is 2.13. The quantitative estimate of drug-likeness (QED) is 0.491. The van der Waals surface area contributed by atoms with Crippen LogP contribution in [0.2, 0.25) is 0 Å². The predicted octanol–water partition coefficient (Wildman–Crippen LogP) is 3.82. The fraction of sp³-hybridized carbons (Fsp3) is 0.235. The molecule has 1 rings (SSSR count). The number of allylic oxidation sites excluding steroid dienone is 1. The highest BCUT2D eigenvalue weighted by molar-refractivity contribution is 6.10. The first-order chi connectivity index (χ1) is 9.96. The number of ketones is 1. The molecule has 0 aliphatic heterocycles. The lowest BCUT2D eigenvalue weighted by molar-refractivity contribution is -0.136. The summed E-state index contributed by atoms with van der Waals surface area (Å²) in [6, 6.07) is 7.14. The lowest BCUT2D eigenvalue weighted by atomic mass is 9.99. The van der Waals surface area contributed by atoms with E-state index in [1.807, 2.05) is 26.0 Å². The first-order valence-corrected chi connectivity index (χ1v) is 6.55. The lowest BCUT2D eigenvalue weighted by Gasteiger charge is -2.04. The van der Waals surface area contributed by atoms with Crippen LogP contribution < -0.4 is 0 Å². The van der Waals surface area contributed by atoms with Crippen LogP contribution in [0.1, 0.15) is 35.7 Å². The second-order valence-electron chi connectivity index (χ2n) is 4.27. The van der Waals surface area contributed by atoms with Crippen LogP contribution in [0.4, 0.5) is 0 Å². The van der Waals surface area contributed by atoms with Gasteiger partial charge in [-0.2, -0.15) is 0 Å². The molecule has 112 valence electrons. The fourth-order valence-corrected chi connectivity index (χ4v) is 1.54. The van der Waals surface area contributed by atoms with E-state index in [9.17, 15) is 9.59 Å². The monoisotopic (exact) mass is 287 g/mol. The Morgan fingerprint density at radius 3 is 2.19 bits per heavy atom. The minimum absolute atomic E-state index is 0.200. The van der Waals surface area contributed by atoms with Crippen molar-refractivity contribution in [2.75, 3.05) is 0 Å². The van der Waals surface area contributed by atoms with E-state index in [1.165, 1.54) is 6.20 Å². The van der Waals surface area contributed by atoms with Crippen LogP contribution in [-0.4, -0.2) is 23.6 Å². The number of hydrogen-bond donors (Lipinski definition) is 1. The van der Waals surface area contributed by atoms with E-state index in [1.54, 1.807) is 18.2 Å². The standard InChI is InChI=1S/C14H16O3.C3H5N/c1-3-4-12(9-13(15)16)14(17)11-7-5-10(2)6-8-11;1-3-4-2/h4-8H,3,9H2,1-2H3,(H,15,16);3H,1-2H2/b12-4+;. The molecule has 0 heterocycles. The topological polar surface area (TPSA) is 66.7 Å². The molecule has 0 spiro atoms. The Bertz CT molecular complexity index is 521. The minimum atomic E-state index is -0.981. The molecule has 0 aromatic heterocycles. The molecule has 4 nitrogen and oxygen atoms in total. The van der Waals surface area contributed by atoms with Gasteiger partial charge in [0.25, 0.3) is 0 Å². The zero-order chi connectivity index (χ0) is 16.3. The Morgan fingerprint density at radius 2 is 1.81 bits per heavy atom. The van der Waals surface area contributed by atoms with Gasteiger partial charge in [-0.1, -0.05) is 49.4 Å². The van der Waals surface area contributed by atoms with Gasteiger partial charge in [-0.25, -0.2) is 0 Å². The summed E-state index contributed by atoms with van der Waals surface area (Å²) in [4.78, 5) is 26.0. The van der Waals surface area contributed by atoms with Gasteiger partial charge in [-0.3, -0.25) is 14.6 Å². The maximum atomic E-state index is 12.0. The van der Waals surface area contributed by atoms with E-state index in [0.717, 1.165) is 5.56 Å². The number of hydrogen-bond acceptors (Lipinski definition) is 3. The van der Waals surface area contributed by atoms with Crippen molar-refractivity contribution in [2.24, 2.45) is 4.99 Å². The van der Waals surface area contributed by atoms with Crippen LogP contribution in [0, 0.1) is 6.92 Å². The predicted molar refractivity (Wildman–Crippen MR) is 85.9 cm³/mol. The van der Waals surface area contributed by atoms with E-state index in [4.69, 9.17) is 5.11 Å². The Balaban J connectivity index is 0.000000885. The van der Waals surface area contributed by atoms with Gasteiger partial charge in [0, 0.05) is 17.3 Å². The van der Waals surface area contributed by atoms with Gasteiger partial charge in [0.05, 0.1) is 6.42 Å². The van der Waals surface area contributed by atoms with Gasteiger partial charge in [0.1, 0.15) is 0 Å². The number of carbonyl (C=O) groups excluding carboxylic acids is 1. The Hall–Kier alpha value is -2.49. The smallest absolute Gasteiger partial charge is 0.307 e. The summed E-state index contributed by atoms with van der Waals surface area (Å²) in [5, 5.41) is 8.76. The Labute approximate surface area is 125 Å². The van der Waals surface area contributed by atoms with E-state index in [0.29, 0.717) is 17.6 Å². The van der Waals surface area contributed by atoms with Gasteiger partial charge in [-0.15, -0.1) is 0 Å². The largest absolute Gasteiger partial charge is 0.481 e. The highest BCUT2D eigenvalue weighted by atomic mass is 16.4. The van der Waals surface area contributed by atoms with Crippen LogP contribution in [0.25, 0.3) is 0 Å². The molecule has 0 amide bonds. The summed E-state index contributed by atoms with van der Waals surface area (Å²) in [5.74, 6) is -1.18. The number of carbonyl (C=O) groups is 2. The van der Waals surface area contributed by atoms with Gasteiger partial charge in [0.2, 0.25) is 0 Å². The third-order valence-corrected chi connectivity index (χ3v) is 2.53. The van der Waals surface area contributed by atoms with Crippen molar-refractivity contribution in [1.82, 2.24) is 0 Å². The first-order valence-electron chi connectivity index (χ1n) is 6.55. The third-order valence-electron chi connectivity index (χ3n) is 2.53. The van der Waals surface area contributed by atoms with Crippen molar-refractivity contribution in [2.45, 2.75) is 26.7 Å². The highest BCUT2D eigenvalue weighted by Gasteiger charge is 2.14.